The largest absolute Gasteiger partial charge is 0.478 e. The highest BCUT2D eigenvalue weighted by Crippen LogP contribution is 2.48. The van der Waals surface area contributed by atoms with Crippen molar-refractivity contribution in [3.63, 3.8) is 0 Å². The average molecular weight is 425 g/mol. The molecule has 2 aromatic rings. The molecule has 0 saturated heterocycles. The van der Waals surface area contributed by atoms with Gasteiger partial charge in [0, 0.05) is 16.1 Å². The number of hydrogen-bond acceptors (Lipinski definition) is 2. The lowest BCUT2D eigenvalue weighted by Gasteiger charge is -2.39. The van der Waals surface area contributed by atoms with E-state index in [-0.39, 0.29) is 21.9 Å². The highest BCUT2D eigenvalue weighted by Gasteiger charge is 2.62. The molecule has 0 bridgehead atoms. The van der Waals surface area contributed by atoms with Crippen LogP contribution < -0.4 is 4.74 Å². The Morgan fingerprint density at radius 2 is 1.86 bits per heavy atom. The van der Waals surface area contributed by atoms with Crippen LogP contribution in [0.25, 0.3) is 6.08 Å². The molecule has 0 fully saturated rings. The fourth-order valence-corrected chi connectivity index (χ4v) is 3.24. The molecule has 1 aliphatic rings. The first-order chi connectivity index (χ1) is 13.6. The van der Waals surface area contributed by atoms with Gasteiger partial charge in [-0.05, 0) is 48.9 Å². The Kier molecular flexibility index (Phi) is 5.33. The number of carbonyl (C=O) groups is 1. The predicted molar refractivity (Wildman–Crippen MR) is 99.1 cm³/mol. The minimum Gasteiger partial charge on any atom is -0.478 e. The zero-order valence-corrected chi connectivity index (χ0v) is 15.7. The van der Waals surface area contributed by atoms with Crippen LogP contribution in [0.15, 0.2) is 42.0 Å². The predicted octanol–water partition coefficient (Wildman–Crippen LogP) is 5.45. The van der Waals surface area contributed by atoms with Crippen LogP contribution in [-0.2, 0) is 4.79 Å². The normalized spacial score (nSPS) is 18.1. The van der Waals surface area contributed by atoms with E-state index < -0.39 is 35.6 Å². The molecule has 0 aromatic heterocycles. The summed E-state index contributed by atoms with van der Waals surface area (Å²) in [4.78, 5) is 11.6. The van der Waals surface area contributed by atoms with Gasteiger partial charge < -0.3 is 9.84 Å². The van der Waals surface area contributed by atoms with E-state index in [9.17, 15) is 27.5 Å². The van der Waals surface area contributed by atoms with Crippen molar-refractivity contribution in [2.75, 3.05) is 0 Å². The summed E-state index contributed by atoms with van der Waals surface area (Å²) in [5, 5.41) is 9.51. The van der Waals surface area contributed by atoms with Crippen LogP contribution in [0.5, 0.6) is 5.75 Å². The van der Waals surface area contributed by atoms with Crippen molar-refractivity contribution in [2.45, 2.75) is 25.1 Å². The molecule has 3 nitrogen and oxygen atoms in total. The Morgan fingerprint density at radius 1 is 1.21 bits per heavy atom. The summed E-state index contributed by atoms with van der Waals surface area (Å²) in [6.07, 6.45) is -4.72. The third-order valence-corrected chi connectivity index (χ3v) is 4.68. The van der Waals surface area contributed by atoms with E-state index >= 15 is 0 Å². The quantitative estimate of drug-likeness (QED) is 0.515. The summed E-state index contributed by atoms with van der Waals surface area (Å²) in [5.74, 6) is 2.98. The van der Waals surface area contributed by atoms with Crippen LogP contribution >= 0.6 is 11.6 Å². The first-order valence-corrected chi connectivity index (χ1v) is 8.77. The van der Waals surface area contributed by atoms with Gasteiger partial charge in [-0.25, -0.2) is 9.18 Å². The van der Waals surface area contributed by atoms with Crippen LogP contribution in [0.4, 0.5) is 17.6 Å². The maximum absolute atomic E-state index is 13.9. The van der Waals surface area contributed by atoms with E-state index in [0.717, 1.165) is 6.08 Å². The summed E-state index contributed by atoms with van der Waals surface area (Å²) < 4.78 is 59.9. The van der Waals surface area contributed by atoms with Crippen LogP contribution in [0.3, 0.4) is 0 Å². The number of alkyl halides is 3. The smallest absolute Gasteiger partial charge is 0.432 e. The van der Waals surface area contributed by atoms with Crippen LogP contribution in [0.1, 0.15) is 30.0 Å². The number of benzene rings is 2. The molecule has 1 unspecified atom stereocenters. The Bertz CT molecular complexity index is 1060. The highest BCUT2D eigenvalue weighted by molar-refractivity contribution is 6.31. The summed E-state index contributed by atoms with van der Waals surface area (Å²) in [6, 6.07) is 7.85. The third kappa shape index (κ3) is 3.81. The second-order valence-electron chi connectivity index (χ2n) is 6.27. The average Bonchev–Trinajstić information content (AvgIpc) is 2.65. The summed E-state index contributed by atoms with van der Waals surface area (Å²) >= 11 is 6.03. The van der Waals surface area contributed by atoms with Crippen molar-refractivity contribution in [2.24, 2.45) is 0 Å². The molecule has 0 radical (unpaired) electrons. The first kappa shape index (κ1) is 20.7. The topological polar surface area (TPSA) is 46.5 Å². The number of carboxylic acid groups (broad SMARTS) is 1. The molecule has 150 valence electrons. The lowest BCUT2D eigenvalue weighted by atomic mass is 9.85. The first-order valence-electron chi connectivity index (χ1n) is 8.39. The SMILES string of the molecule is CCC1(C(F)(F)F)Oc2c(C#Cc3ccc(F)cc3)cc(Cl)cc2C=C1C(=O)O. The number of carboxylic acids is 1. The van der Waals surface area contributed by atoms with Crippen molar-refractivity contribution < 1.29 is 32.2 Å². The number of hydrogen-bond donors (Lipinski definition) is 1. The number of ether oxygens (including phenoxy) is 1. The monoisotopic (exact) mass is 424 g/mol. The number of halogens is 5. The Hall–Kier alpha value is -2.98. The molecule has 0 aliphatic carbocycles. The highest BCUT2D eigenvalue weighted by atomic mass is 35.5. The molecule has 0 saturated carbocycles. The van der Waals surface area contributed by atoms with Crippen molar-refractivity contribution in [1.29, 1.82) is 0 Å². The van der Waals surface area contributed by atoms with Crippen molar-refractivity contribution >= 4 is 23.6 Å². The van der Waals surface area contributed by atoms with Crippen LogP contribution in [0.2, 0.25) is 5.02 Å². The number of rotatable bonds is 2. The van der Waals surface area contributed by atoms with Crippen molar-refractivity contribution in [3.05, 3.63) is 69.5 Å². The standard InChI is InChI=1S/C21H13ClF4O3/c1-2-20(21(24,25)26)17(19(27)28)11-14-10-15(22)9-13(18(14)29-20)6-3-12-4-7-16(23)8-5-12/h4-5,7-11H,2H2,1H3,(H,27,28). The number of fused-ring (bicyclic) bond motifs is 1. The molecular weight excluding hydrogens is 412 g/mol. The third-order valence-electron chi connectivity index (χ3n) is 4.47. The minimum absolute atomic E-state index is 0.0552. The van der Waals surface area contributed by atoms with Gasteiger partial charge in [0.15, 0.2) is 0 Å². The molecule has 3 rings (SSSR count). The second kappa shape index (κ2) is 7.45. The van der Waals surface area contributed by atoms with Gasteiger partial charge in [-0.1, -0.05) is 30.4 Å². The molecule has 1 N–H and O–H groups in total. The maximum atomic E-state index is 13.9. The van der Waals surface area contributed by atoms with E-state index in [0.29, 0.717) is 5.56 Å². The summed E-state index contributed by atoms with van der Waals surface area (Å²) in [6.45, 7) is 1.19. The van der Waals surface area contributed by atoms with E-state index in [2.05, 4.69) is 11.8 Å². The minimum atomic E-state index is -4.98. The van der Waals surface area contributed by atoms with E-state index in [1.54, 1.807) is 0 Å². The van der Waals surface area contributed by atoms with Gasteiger partial charge >= 0.3 is 12.1 Å². The van der Waals surface area contributed by atoms with E-state index in [4.69, 9.17) is 16.3 Å². The molecule has 1 aliphatic heterocycles. The Morgan fingerprint density at radius 3 is 2.41 bits per heavy atom. The molecule has 0 spiro atoms. The summed E-state index contributed by atoms with van der Waals surface area (Å²) in [5.41, 5.74) is -3.40. The fraction of sp³-hybridized carbons (Fsp3) is 0.190. The molecular formula is C21H13ClF4O3. The van der Waals surface area contributed by atoms with Gasteiger partial charge in [0.05, 0.1) is 11.1 Å². The van der Waals surface area contributed by atoms with E-state index in [1.807, 2.05) is 0 Å². The van der Waals surface area contributed by atoms with Crippen molar-refractivity contribution in [1.82, 2.24) is 0 Å². The van der Waals surface area contributed by atoms with Crippen molar-refractivity contribution in [3.8, 4) is 17.6 Å². The maximum Gasteiger partial charge on any atom is 0.432 e. The van der Waals surface area contributed by atoms with Crippen LogP contribution in [0, 0.1) is 17.7 Å². The molecule has 0 amide bonds. The molecule has 1 atom stereocenters. The fourth-order valence-electron chi connectivity index (χ4n) is 3.01. The lowest BCUT2D eigenvalue weighted by Crippen LogP contribution is -2.54. The van der Waals surface area contributed by atoms with Gasteiger partial charge in [0.2, 0.25) is 5.60 Å². The Balaban J connectivity index is 2.20. The molecule has 1 heterocycles. The zero-order valence-electron chi connectivity index (χ0n) is 14.9. The van der Waals surface area contributed by atoms with Gasteiger partial charge in [-0.15, -0.1) is 0 Å². The Labute approximate surface area is 168 Å². The zero-order chi connectivity index (χ0) is 21.4. The second-order valence-corrected chi connectivity index (χ2v) is 6.71. The van der Waals surface area contributed by atoms with Gasteiger partial charge in [-0.3, -0.25) is 0 Å². The summed E-state index contributed by atoms with van der Waals surface area (Å²) in [7, 11) is 0. The van der Waals surface area contributed by atoms with Gasteiger partial charge in [-0.2, -0.15) is 13.2 Å². The number of aliphatic carboxylic acids is 1. The van der Waals surface area contributed by atoms with Crippen LogP contribution in [-0.4, -0.2) is 22.9 Å². The molecule has 8 heteroatoms. The van der Waals surface area contributed by atoms with Gasteiger partial charge in [0.25, 0.3) is 0 Å². The van der Waals surface area contributed by atoms with E-state index in [1.165, 1.54) is 43.3 Å². The lowest BCUT2D eigenvalue weighted by molar-refractivity contribution is -0.236. The molecule has 29 heavy (non-hydrogen) atoms. The molecule has 2 aromatic carbocycles. The van der Waals surface area contributed by atoms with Gasteiger partial charge in [0.1, 0.15) is 11.6 Å².